The molecule has 0 unspecified atom stereocenters. The van der Waals surface area contributed by atoms with E-state index in [1.165, 1.54) is 12.1 Å². The first-order valence-corrected chi connectivity index (χ1v) is 13.8. The van der Waals surface area contributed by atoms with E-state index in [0.717, 1.165) is 59.8 Å². The van der Waals surface area contributed by atoms with E-state index in [4.69, 9.17) is 19.4 Å². The van der Waals surface area contributed by atoms with Crippen LogP contribution in [-0.4, -0.2) is 54.3 Å². The highest BCUT2D eigenvalue weighted by Crippen LogP contribution is 2.30. The van der Waals surface area contributed by atoms with E-state index >= 15 is 0 Å². The average Bonchev–Trinajstić information content (AvgIpc) is 3.51. The van der Waals surface area contributed by atoms with Gasteiger partial charge < -0.3 is 23.7 Å². The quantitative estimate of drug-likeness (QED) is 0.292. The molecule has 212 valence electrons. The van der Waals surface area contributed by atoms with Gasteiger partial charge in [0.05, 0.1) is 59.5 Å². The Balaban J connectivity index is 1.14. The molecule has 0 spiro atoms. The number of nitriles is 1. The third-order valence-corrected chi connectivity index (χ3v) is 8.02. The molecule has 0 amide bonds. The van der Waals surface area contributed by atoms with E-state index in [1.54, 1.807) is 24.3 Å². The van der Waals surface area contributed by atoms with Crippen molar-refractivity contribution < 1.29 is 23.8 Å². The van der Waals surface area contributed by atoms with Gasteiger partial charge in [-0.1, -0.05) is 12.1 Å². The third-order valence-electron chi connectivity index (χ3n) is 8.02. The molecule has 7 rings (SSSR count). The highest BCUT2D eigenvalue weighted by atomic mass is 19.1. The third kappa shape index (κ3) is 4.74. The number of benzene rings is 3. The lowest BCUT2D eigenvalue weighted by atomic mass is 10.1. The van der Waals surface area contributed by atoms with Gasteiger partial charge >= 0.3 is 5.97 Å². The number of carboxylic acids is 1. The molecule has 1 N–H and O–H groups in total. The number of aromatic nitrogens is 4. The number of hydrogen-bond donors (Lipinski definition) is 1. The fourth-order valence-corrected chi connectivity index (χ4v) is 5.71. The van der Waals surface area contributed by atoms with Gasteiger partial charge in [-0.2, -0.15) is 5.26 Å². The maximum atomic E-state index is 13.6. The molecule has 1 saturated heterocycles. The number of rotatable bonds is 8. The van der Waals surface area contributed by atoms with Crippen LogP contribution in [0.3, 0.4) is 0 Å². The van der Waals surface area contributed by atoms with Crippen LogP contribution < -0.4 is 4.74 Å². The number of carboxylic acid groups (broad SMARTS) is 1. The number of halogens is 1. The first-order chi connectivity index (χ1) is 20.5. The number of carbonyl (C=O) groups is 1. The Morgan fingerprint density at radius 1 is 1.14 bits per heavy atom. The van der Waals surface area contributed by atoms with Crippen molar-refractivity contribution in [3.05, 3.63) is 88.8 Å². The van der Waals surface area contributed by atoms with Crippen LogP contribution in [0.25, 0.3) is 22.1 Å². The molecule has 0 saturated carbocycles. The van der Waals surface area contributed by atoms with Crippen molar-refractivity contribution in [2.24, 2.45) is 0 Å². The molecule has 2 aliphatic rings. The summed E-state index contributed by atoms with van der Waals surface area (Å²) in [5, 5.41) is 18.9. The molecule has 11 heteroatoms. The lowest BCUT2D eigenvalue weighted by Crippen LogP contribution is -2.35. The average molecular weight is 567 g/mol. The van der Waals surface area contributed by atoms with Crippen LogP contribution in [0.4, 0.5) is 4.39 Å². The fourth-order valence-electron chi connectivity index (χ4n) is 5.71. The van der Waals surface area contributed by atoms with Crippen molar-refractivity contribution in [1.82, 2.24) is 24.0 Å². The second-order valence-electron chi connectivity index (χ2n) is 10.6. The molecule has 3 aromatic carbocycles. The standard InChI is InChI=1S/C31H27FN6O4/c32-22-6-4-20(21(12-22)14-33)18-42-27-3-1-2-25-30(27)35-29-17-36(9-10-37(25)29)16-28-34-24-7-5-19(31(39)40)13-26(24)38(28)15-23-8-11-41-23/h1-7,12-13,23H,8-11,15-18H2,(H,39,40)/t23-/m0/s1. The topological polar surface area (TPSA) is 118 Å². The predicted octanol–water partition coefficient (Wildman–Crippen LogP) is 4.48. The zero-order chi connectivity index (χ0) is 28.8. The van der Waals surface area contributed by atoms with Crippen LogP contribution in [0, 0.1) is 17.1 Å². The number of aromatic carboxylic acids is 1. The maximum Gasteiger partial charge on any atom is 0.335 e. The zero-order valence-electron chi connectivity index (χ0n) is 22.7. The summed E-state index contributed by atoms with van der Waals surface area (Å²) < 4.78 is 29.6. The van der Waals surface area contributed by atoms with Crippen molar-refractivity contribution in [3.8, 4) is 11.8 Å². The Labute approximate surface area is 240 Å². The summed E-state index contributed by atoms with van der Waals surface area (Å²) >= 11 is 0. The van der Waals surface area contributed by atoms with Crippen LogP contribution in [0.15, 0.2) is 54.6 Å². The normalized spacial score (nSPS) is 16.7. The molecule has 2 aromatic heterocycles. The first kappa shape index (κ1) is 26.1. The van der Waals surface area contributed by atoms with Gasteiger partial charge in [0, 0.05) is 25.3 Å². The zero-order valence-corrected chi connectivity index (χ0v) is 22.7. The Morgan fingerprint density at radius 2 is 2.02 bits per heavy atom. The van der Waals surface area contributed by atoms with Crippen LogP contribution >= 0.6 is 0 Å². The van der Waals surface area contributed by atoms with Gasteiger partial charge in [-0.15, -0.1) is 0 Å². The van der Waals surface area contributed by atoms with Crippen LogP contribution in [-0.2, 0) is 37.5 Å². The minimum Gasteiger partial charge on any atom is -0.487 e. The summed E-state index contributed by atoms with van der Waals surface area (Å²) in [6.45, 7) is 4.20. The van der Waals surface area contributed by atoms with Crippen molar-refractivity contribution >= 4 is 28.0 Å². The summed E-state index contributed by atoms with van der Waals surface area (Å²) in [7, 11) is 0. The van der Waals surface area contributed by atoms with Gasteiger partial charge in [-0.3, -0.25) is 4.90 Å². The van der Waals surface area contributed by atoms with Gasteiger partial charge in [0.1, 0.15) is 35.3 Å². The maximum absolute atomic E-state index is 13.6. The molecular weight excluding hydrogens is 539 g/mol. The molecular formula is C31H27FN6O4. The van der Waals surface area contributed by atoms with Crippen molar-refractivity contribution in [2.45, 2.75) is 45.3 Å². The highest BCUT2D eigenvalue weighted by Gasteiger charge is 2.26. The van der Waals surface area contributed by atoms with Gasteiger partial charge in [-0.25, -0.2) is 19.2 Å². The lowest BCUT2D eigenvalue weighted by molar-refractivity contribution is -0.0592. The van der Waals surface area contributed by atoms with E-state index in [0.29, 0.717) is 30.9 Å². The van der Waals surface area contributed by atoms with Crippen LogP contribution in [0.5, 0.6) is 5.75 Å². The summed E-state index contributed by atoms with van der Waals surface area (Å²) in [4.78, 5) is 23.7. The number of ether oxygens (including phenoxy) is 2. The van der Waals surface area contributed by atoms with Gasteiger partial charge in [-0.05, 0) is 48.9 Å². The molecule has 4 heterocycles. The van der Waals surface area contributed by atoms with E-state index in [1.807, 2.05) is 24.3 Å². The minimum absolute atomic E-state index is 0.0951. The van der Waals surface area contributed by atoms with Gasteiger partial charge in [0.2, 0.25) is 0 Å². The largest absolute Gasteiger partial charge is 0.487 e. The molecule has 5 aromatic rings. The fraction of sp³-hybridized carbons (Fsp3) is 0.290. The highest BCUT2D eigenvalue weighted by molar-refractivity contribution is 5.92. The van der Waals surface area contributed by atoms with Crippen molar-refractivity contribution in [1.29, 1.82) is 5.26 Å². The molecule has 1 atom stereocenters. The van der Waals surface area contributed by atoms with Gasteiger partial charge in [0.25, 0.3) is 0 Å². The molecule has 10 nitrogen and oxygen atoms in total. The summed E-state index contributed by atoms with van der Waals surface area (Å²) in [6, 6.07) is 17.0. The molecule has 0 bridgehead atoms. The van der Waals surface area contributed by atoms with Crippen LogP contribution in [0.1, 0.15) is 39.6 Å². The van der Waals surface area contributed by atoms with E-state index < -0.39 is 11.8 Å². The van der Waals surface area contributed by atoms with E-state index in [-0.39, 0.29) is 23.8 Å². The Bertz CT molecular complexity index is 1890. The van der Waals surface area contributed by atoms with E-state index in [2.05, 4.69) is 14.0 Å². The smallest absolute Gasteiger partial charge is 0.335 e. The van der Waals surface area contributed by atoms with Crippen molar-refractivity contribution in [2.75, 3.05) is 13.2 Å². The summed E-state index contributed by atoms with van der Waals surface area (Å²) in [5.41, 5.74) is 4.36. The molecule has 0 aliphatic carbocycles. The monoisotopic (exact) mass is 566 g/mol. The van der Waals surface area contributed by atoms with E-state index in [9.17, 15) is 19.6 Å². The number of nitrogens with zero attached hydrogens (tertiary/aromatic N) is 6. The first-order valence-electron chi connectivity index (χ1n) is 13.8. The molecule has 1 fully saturated rings. The SMILES string of the molecule is N#Cc1cc(F)ccc1COc1cccc2c1nc1n2CCN(Cc2nc3ccc(C(=O)O)cc3n2C[C@@H]2CCO2)C1. The van der Waals surface area contributed by atoms with Crippen molar-refractivity contribution in [3.63, 3.8) is 0 Å². The van der Waals surface area contributed by atoms with Crippen LogP contribution in [0.2, 0.25) is 0 Å². The molecule has 0 radical (unpaired) electrons. The summed E-state index contributed by atoms with van der Waals surface area (Å²) in [6.07, 6.45) is 1.06. The second-order valence-corrected chi connectivity index (χ2v) is 10.6. The predicted molar refractivity (Wildman–Crippen MR) is 150 cm³/mol. The molecule has 42 heavy (non-hydrogen) atoms. The summed E-state index contributed by atoms with van der Waals surface area (Å²) in [5.74, 6) is 0.952. The number of imidazole rings is 2. The lowest BCUT2D eigenvalue weighted by Gasteiger charge is -2.30. The Kier molecular flexibility index (Phi) is 6.57. The Hall–Kier alpha value is -4.79. The Morgan fingerprint density at radius 3 is 2.81 bits per heavy atom. The molecule has 2 aliphatic heterocycles. The minimum atomic E-state index is -0.965. The number of hydrogen-bond acceptors (Lipinski definition) is 7. The number of fused-ring (bicyclic) bond motifs is 4. The number of para-hydroxylation sites is 1. The van der Waals surface area contributed by atoms with Gasteiger partial charge in [0.15, 0.2) is 0 Å². The second kappa shape index (κ2) is 10.6.